The van der Waals surface area contributed by atoms with E-state index in [2.05, 4.69) is 89.9 Å². The van der Waals surface area contributed by atoms with Crippen LogP contribution in [0.25, 0.3) is 0 Å². The summed E-state index contributed by atoms with van der Waals surface area (Å²) >= 11 is 1.81. The minimum absolute atomic E-state index is 0.0356. The molecule has 2 aromatic carbocycles. The summed E-state index contributed by atoms with van der Waals surface area (Å²) in [4.78, 5) is 25.2. The molecule has 4 atom stereocenters. The molecule has 188 valence electrons. The molecule has 1 aliphatic carbocycles. The number of carbonyl (C=O) groups excluding carboxylic acids is 1. The molecule has 6 heteroatoms. The predicted molar refractivity (Wildman–Crippen MR) is 147 cm³/mol. The zero-order valence-corrected chi connectivity index (χ0v) is 22.1. The Hall–Kier alpha value is -2.70. The van der Waals surface area contributed by atoms with Crippen molar-refractivity contribution in [3.63, 3.8) is 0 Å². The highest BCUT2D eigenvalue weighted by atomic mass is 32.1. The second-order valence-electron chi connectivity index (χ2n) is 10.9. The van der Waals surface area contributed by atoms with Crippen molar-refractivity contribution in [3.8, 4) is 0 Å². The number of rotatable bonds is 4. The summed E-state index contributed by atoms with van der Waals surface area (Å²) in [5.74, 6) is 0.765. The van der Waals surface area contributed by atoms with Crippen molar-refractivity contribution in [2.75, 3.05) is 38.6 Å². The van der Waals surface area contributed by atoms with E-state index in [0.717, 1.165) is 56.9 Å². The number of piperidine rings is 1. The van der Waals surface area contributed by atoms with Gasteiger partial charge in [-0.3, -0.25) is 4.79 Å². The third-order valence-electron chi connectivity index (χ3n) is 8.65. The first-order valence-corrected chi connectivity index (χ1v) is 14.2. The molecule has 3 heterocycles. The fraction of sp³-hybridized carbons (Fsp3) is 0.467. The van der Waals surface area contributed by atoms with Crippen LogP contribution in [0.2, 0.25) is 0 Å². The first kappa shape index (κ1) is 23.7. The molecule has 1 aromatic heterocycles. The van der Waals surface area contributed by atoms with Crippen molar-refractivity contribution in [2.24, 2.45) is 5.92 Å². The molecule has 1 amide bonds. The Bertz CT molecular complexity index is 1210. The highest BCUT2D eigenvalue weighted by molar-refractivity contribution is 7.16. The van der Waals surface area contributed by atoms with Gasteiger partial charge >= 0.3 is 0 Å². The number of amides is 1. The average molecular weight is 501 g/mol. The van der Waals surface area contributed by atoms with Crippen molar-refractivity contribution >= 4 is 22.4 Å². The molecule has 5 nitrogen and oxygen atoms in total. The van der Waals surface area contributed by atoms with Crippen LogP contribution in [0.4, 0.5) is 5.13 Å². The fourth-order valence-corrected chi connectivity index (χ4v) is 8.11. The average Bonchev–Trinajstić information content (AvgIpc) is 3.55. The van der Waals surface area contributed by atoms with Gasteiger partial charge in [0.25, 0.3) is 0 Å². The molecular weight excluding hydrogens is 464 g/mol. The van der Waals surface area contributed by atoms with Crippen LogP contribution in [-0.4, -0.2) is 49.5 Å². The third-order valence-corrected chi connectivity index (χ3v) is 10.1. The van der Waals surface area contributed by atoms with Gasteiger partial charge in [0.2, 0.25) is 5.91 Å². The van der Waals surface area contributed by atoms with Gasteiger partial charge in [0, 0.05) is 44.0 Å². The predicted octanol–water partition coefficient (Wildman–Crippen LogP) is 5.15. The van der Waals surface area contributed by atoms with E-state index in [1.54, 1.807) is 11.3 Å². The molecule has 1 N–H and O–H groups in total. The van der Waals surface area contributed by atoms with Crippen LogP contribution in [-0.2, 0) is 16.6 Å². The molecule has 1 spiro atoms. The zero-order chi connectivity index (χ0) is 24.7. The molecule has 2 saturated heterocycles. The number of hydrogen-bond acceptors (Lipinski definition) is 5. The Morgan fingerprint density at radius 3 is 2.53 bits per heavy atom. The maximum absolute atomic E-state index is 14.5. The number of likely N-dealkylation sites (tertiary alicyclic amines) is 1. The number of aromatic nitrogens is 1. The van der Waals surface area contributed by atoms with Crippen molar-refractivity contribution < 1.29 is 4.79 Å². The summed E-state index contributed by atoms with van der Waals surface area (Å²) in [5.41, 5.74) is 3.73. The number of nitrogens with one attached hydrogen (secondary N) is 1. The summed E-state index contributed by atoms with van der Waals surface area (Å²) in [7, 11) is 4.13. The number of carbonyl (C=O) groups is 1. The van der Waals surface area contributed by atoms with E-state index in [-0.39, 0.29) is 17.4 Å². The van der Waals surface area contributed by atoms with Gasteiger partial charge in [0.15, 0.2) is 5.13 Å². The summed E-state index contributed by atoms with van der Waals surface area (Å²) in [6.07, 6.45) is 5.19. The maximum atomic E-state index is 14.5. The number of thiazole rings is 1. The Morgan fingerprint density at radius 2 is 1.81 bits per heavy atom. The summed E-state index contributed by atoms with van der Waals surface area (Å²) < 4.78 is 0. The number of aryl methyl sites for hydroxylation is 1. The second kappa shape index (κ2) is 9.64. The van der Waals surface area contributed by atoms with Crippen molar-refractivity contribution in [1.82, 2.24) is 15.2 Å². The normalized spacial score (nSPS) is 27.7. The Balaban J connectivity index is 1.33. The van der Waals surface area contributed by atoms with E-state index in [4.69, 9.17) is 4.98 Å². The van der Waals surface area contributed by atoms with Crippen LogP contribution in [0.5, 0.6) is 0 Å². The molecule has 0 radical (unpaired) electrons. The quantitative estimate of drug-likeness (QED) is 0.538. The fourth-order valence-electron chi connectivity index (χ4n) is 6.81. The van der Waals surface area contributed by atoms with Gasteiger partial charge in [-0.15, -0.1) is 11.3 Å². The van der Waals surface area contributed by atoms with Crippen LogP contribution >= 0.6 is 11.3 Å². The van der Waals surface area contributed by atoms with Crippen LogP contribution < -0.4 is 10.2 Å². The minimum atomic E-state index is -0.131. The molecule has 36 heavy (non-hydrogen) atoms. The second-order valence-corrected chi connectivity index (χ2v) is 11.9. The van der Waals surface area contributed by atoms with Gasteiger partial charge in [-0.1, -0.05) is 60.7 Å². The highest BCUT2D eigenvalue weighted by Gasteiger charge is 2.53. The topological polar surface area (TPSA) is 48.5 Å². The van der Waals surface area contributed by atoms with Crippen molar-refractivity contribution in [3.05, 3.63) is 82.4 Å². The smallest absolute Gasteiger partial charge is 0.228 e. The van der Waals surface area contributed by atoms with E-state index >= 15 is 0 Å². The van der Waals surface area contributed by atoms with E-state index in [1.165, 1.54) is 21.7 Å². The Kier molecular flexibility index (Phi) is 6.34. The van der Waals surface area contributed by atoms with Crippen LogP contribution in [0, 0.1) is 5.92 Å². The van der Waals surface area contributed by atoms with E-state index in [9.17, 15) is 4.79 Å². The van der Waals surface area contributed by atoms with Crippen molar-refractivity contribution in [1.29, 1.82) is 0 Å². The number of fused-ring (bicyclic) bond motifs is 2. The molecule has 4 unspecified atom stereocenters. The van der Waals surface area contributed by atoms with E-state index in [1.807, 2.05) is 0 Å². The lowest BCUT2D eigenvalue weighted by Crippen LogP contribution is -2.50. The molecule has 0 bridgehead atoms. The van der Waals surface area contributed by atoms with Crippen LogP contribution in [0.15, 0.2) is 60.7 Å². The van der Waals surface area contributed by atoms with Gasteiger partial charge in [0.1, 0.15) is 0 Å². The molecule has 2 aliphatic heterocycles. The lowest BCUT2D eigenvalue weighted by molar-refractivity contribution is -0.141. The number of hydrogen-bond donors (Lipinski definition) is 1. The molecule has 3 aromatic rings. The van der Waals surface area contributed by atoms with Crippen molar-refractivity contribution in [2.45, 2.75) is 49.5 Å². The molecule has 2 fully saturated rings. The number of benzene rings is 2. The van der Waals surface area contributed by atoms with E-state index < -0.39 is 0 Å². The van der Waals surface area contributed by atoms with Gasteiger partial charge in [-0.05, 0) is 49.1 Å². The maximum Gasteiger partial charge on any atom is 0.228 e. The standard InChI is InChI=1S/C30H36N4OS/c1-33(2)29-32-25-14-9-16-30(27(25)36-29)20-31-19-24(30)28(35)34-17-15-23(21-10-5-3-6-11-21)18-26(34)22-12-7-4-8-13-22/h3-8,10-13,23-24,26,31H,9,14-20H2,1-2H3. The lowest BCUT2D eigenvalue weighted by atomic mass is 9.68. The van der Waals surface area contributed by atoms with Crippen LogP contribution in [0.3, 0.4) is 0 Å². The Labute approximate surface area is 218 Å². The molecule has 6 rings (SSSR count). The summed E-state index contributed by atoms with van der Waals surface area (Å²) in [6.45, 7) is 2.44. The summed E-state index contributed by atoms with van der Waals surface area (Å²) in [5, 5.41) is 4.70. The summed E-state index contributed by atoms with van der Waals surface area (Å²) in [6, 6.07) is 21.6. The van der Waals surface area contributed by atoms with Crippen LogP contribution in [0.1, 0.15) is 59.3 Å². The number of nitrogens with zero attached hydrogens (tertiary/aromatic N) is 3. The van der Waals surface area contributed by atoms with E-state index in [0.29, 0.717) is 11.8 Å². The van der Waals surface area contributed by atoms with Gasteiger partial charge in [-0.25, -0.2) is 4.98 Å². The van der Waals surface area contributed by atoms with Gasteiger partial charge < -0.3 is 15.1 Å². The number of anilines is 1. The first-order chi connectivity index (χ1) is 17.6. The molecule has 3 aliphatic rings. The minimum Gasteiger partial charge on any atom is -0.354 e. The third kappa shape index (κ3) is 4.04. The first-order valence-electron chi connectivity index (χ1n) is 13.4. The zero-order valence-electron chi connectivity index (χ0n) is 21.3. The Morgan fingerprint density at radius 1 is 1.08 bits per heavy atom. The van der Waals surface area contributed by atoms with Gasteiger partial charge in [0.05, 0.1) is 17.7 Å². The lowest BCUT2D eigenvalue weighted by Gasteiger charge is -2.44. The molecule has 0 saturated carbocycles. The monoisotopic (exact) mass is 500 g/mol. The SMILES string of the molecule is CN(C)c1nc2c(s1)C1(CCC2)CNCC1C(=O)N1CCC(c2ccccc2)CC1c1ccccc1. The van der Waals surface area contributed by atoms with Gasteiger partial charge in [-0.2, -0.15) is 0 Å². The highest BCUT2D eigenvalue weighted by Crippen LogP contribution is 2.50. The molecular formula is C30H36N4OS. The largest absolute Gasteiger partial charge is 0.354 e.